The molecular weight excluding hydrogens is 456 g/mol. The molecule has 0 bridgehead atoms. The van der Waals surface area contributed by atoms with Gasteiger partial charge < -0.3 is 25.4 Å². The molecule has 2 amide bonds. The van der Waals surface area contributed by atoms with Crippen LogP contribution in [0.25, 0.3) is 0 Å². The average Bonchev–Trinajstić information content (AvgIpc) is 2.90. The number of benzene rings is 2. The maximum atomic E-state index is 13.5. The fourth-order valence-corrected chi connectivity index (χ4v) is 4.78. The van der Waals surface area contributed by atoms with E-state index in [2.05, 4.69) is 36.2 Å². The number of nitrogens with one attached hydrogen (secondary N) is 1. The summed E-state index contributed by atoms with van der Waals surface area (Å²) in [4.78, 5) is 30.9. The van der Waals surface area contributed by atoms with Crippen LogP contribution in [0.5, 0.6) is 11.5 Å². The van der Waals surface area contributed by atoms with E-state index in [-0.39, 0.29) is 17.9 Å². The molecule has 8 nitrogen and oxygen atoms in total. The highest BCUT2D eigenvalue weighted by Gasteiger charge is 2.38. The molecule has 8 heteroatoms. The Morgan fingerprint density at radius 3 is 2.47 bits per heavy atom. The van der Waals surface area contributed by atoms with Gasteiger partial charge in [0, 0.05) is 44.3 Å². The lowest BCUT2D eigenvalue weighted by atomic mass is 9.93. The van der Waals surface area contributed by atoms with Gasteiger partial charge in [0.25, 0.3) is 5.91 Å². The number of rotatable bonds is 11. The summed E-state index contributed by atoms with van der Waals surface area (Å²) >= 11 is 0. The summed E-state index contributed by atoms with van der Waals surface area (Å²) in [5, 5.41) is 2.91. The molecule has 0 aliphatic carbocycles. The Bertz CT molecular complexity index is 995. The first kappa shape index (κ1) is 27.5. The molecule has 2 aromatic rings. The van der Waals surface area contributed by atoms with Crippen molar-refractivity contribution < 1.29 is 19.1 Å². The monoisotopic (exact) mass is 496 g/mol. The molecule has 1 saturated heterocycles. The summed E-state index contributed by atoms with van der Waals surface area (Å²) in [5.74, 6) is 1.59. The molecule has 1 fully saturated rings. The van der Waals surface area contributed by atoms with Gasteiger partial charge in [-0.3, -0.25) is 14.5 Å². The maximum absolute atomic E-state index is 13.5. The number of hydrogen-bond acceptors (Lipinski definition) is 6. The maximum Gasteiger partial charge on any atom is 0.254 e. The van der Waals surface area contributed by atoms with E-state index in [0.29, 0.717) is 43.3 Å². The molecule has 1 heterocycles. The molecule has 0 saturated carbocycles. The van der Waals surface area contributed by atoms with Crippen LogP contribution < -0.4 is 20.5 Å². The van der Waals surface area contributed by atoms with Gasteiger partial charge in [-0.05, 0) is 54.7 Å². The zero-order valence-corrected chi connectivity index (χ0v) is 21.9. The zero-order valence-electron chi connectivity index (χ0n) is 21.9. The van der Waals surface area contributed by atoms with Crippen molar-refractivity contribution in [1.82, 2.24) is 15.1 Å². The molecule has 3 N–H and O–H groups in total. The van der Waals surface area contributed by atoms with E-state index in [1.807, 2.05) is 12.1 Å². The van der Waals surface area contributed by atoms with Crippen molar-refractivity contribution in [3.8, 4) is 11.5 Å². The molecule has 3 rings (SSSR count). The smallest absolute Gasteiger partial charge is 0.254 e. The minimum absolute atomic E-state index is 0.157. The Morgan fingerprint density at radius 2 is 1.83 bits per heavy atom. The predicted molar refractivity (Wildman–Crippen MR) is 141 cm³/mol. The highest BCUT2D eigenvalue weighted by molar-refractivity contribution is 5.98. The minimum atomic E-state index is -0.570. The Balaban J connectivity index is 1.83. The highest BCUT2D eigenvalue weighted by Crippen LogP contribution is 2.27. The van der Waals surface area contributed by atoms with Gasteiger partial charge in [0.05, 0.1) is 14.2 Å². The summed E-state index contributed by atoms with van der Waals surface area (Å²) in [7, 11) is 3.24. The third-order valence-corrected chi connectivity index (χ3v) is 6.56. The second-order valence-corrected chi connectivity index (χ2v) is 9.68. The van der Waals surface area contributed by atoms with Crippen molar-refractivity contribution in [2.75, 3.05) is 40.4 Å². The second-order valence-electron chi connectivity index (χ2n) is 9.68. The van der Waals surface area contributed by atoms with Crippen LogP contribution in [0.3, 0.4) is 0 Å². The van der Waals surface area contributed by atoms with Crippen LogP contribution in [-0.2, 0) is 11.3 Å². The number of nitrogens with zero attached hydrogens (tertiary/aromatic N) is 2. The van der Waals surface area contributed by atoms with Gasteiger partial charge in [-0.2, -0.15) is 0 Å². The fourth-order valence-electron chi connectivity index (χ4n) is 4.78. The van der Waals surface area contributed by atoms with E-state index in [1.165, 1.54) is 5.56 Å². The number of nitrogens with two attached hydrogens (primary N) is 1. The summed E-state index contributed by atoms with van der Waals surface area (Å²) in [6.07, 6.45) is 1.36. The average molecular weight is 497 g/mol. The fraction of sp³-hybridized carbons (Fsp3) is 0.500. The first-order chi connectivity index (χ1) is 17.4. The van der Waals surface area contributed by atoms with E-state index >= 15 is 0 Å². The summed E-state index contributed by atoms with van der Waals surface area (Å²) in [6.45, 7) is 7.30. The van der Waals surface area contributed by atoms with Crippen LogP contribution in [0.1, 0.15) is 42.6 Å². The van der Waals surface area contributed by atoms with Gasteiger partial charge in [0.1, 0.15) is 17.5 Å². The van der Waals surface area contributed by atoms with E-state index in [9.17, 15) is 9.59 Å². The topological polar surface area (TPSA) is 97.1 Å². The number of amides is 2. The van der Waals surface area contributed by atoms with Crippen molar-refractivity contribution in [2.45, 2.75) is 45.3 Å². The number of piperidine rings is 1. The summed E-state index contributed by atoms with van der Waals surface area (Å²) in [6, 6.07) is 14.8. The van der Waals surface area contributed by atoms with Crippen LogP contribution in [0.2, 0.25) is 0 Å². The van der Waals surface area contributed by atoms with Crippen LogP contribution in [0, 0.1) is 5.92 Å². The number of likely N-dealkylation sites (tertiary alicyclic amines) is 1. The van der Waals surface area contributed by atoms with Crippen molar-refractivity contribution in [1.29, 1.82) is 0 Å². The zero-order chi connectivity index (χ0) is 26.1. The Kier molecular flexibility index (Phi) is 10.1. The molecule has 1 aliphatic rings. The predicted octanol–water partition coefficient (Wildman–Crippen LogP) is 2.91. The van der Waals surface area contributed by atoms with Gasteiger partial charge in [0.15, 0.2) is 0 Å². The van der Waals surface area contributed by atoms with Gasteiger partial charge in [0.2, 0.25) is 5.91 Å². The highest BCUT2D eigenvalue weighted by atomic mass is 16.5. The Hall–Kier alpha value is -3.10. The standard InChI is InChI=1S/C28H40N4O4/c1-20(2)18-31(19-21-8-10-24(35-3)11-9-21)23-12-15-32(26(17-23)27(33)30-14-13-29)28(34)22-6-5-7-25(16-22)36-4/h5-11,16,20,23,26H,12-15,17-19,29H2,1-4H3,(H,30,33)/t23?,26-/m1/s1. The Labute approximate surface area is 214 Å². The van der Waals surface area contributed by atoms with Crippen molar-refractivity contribution >= 4 is 11.8 Å². The lowest BCUT2D eigenvalue weighted by molar-refractivity contribution is -0.127. The summed E-state index contributed by atoms with van der Waals surface area (Å²) in [5.41, 5.74) is 7.34. The number of carbonyl (C=O) groups is 2. The molecule has 2 atom stereocenters. The number of methoxy groups -OCH3 is 2. The third kappa shape index (κ3) is 7.21. The molecule has 0 radical (unpaired) electrons. The van der Waals surface area contributed by atoms with Gasteiger partial charge in [-0.1, -0.05) is 32.0 Å². The molecule has 36 heavy (non-hydrogen) atoms. The van der Waals surface area contributed by atoms with E-state index < -0.39 is 6.04 Å². The number of ether oxygens (including phenoxy) is 2. The lowest BCUT2D eigenvalue weighted by Crippen LogP contribution is -2.57. The molecule has 0 aromatic heterocycles. The van der Waals surface area contributed by atoms with Gasteiger partial charge >= 0.3 is 0 Å². The van der Waals surface area contributed by atoms with Crippen LogP contribution in [0.4, 0.5) is 0 Å². The summed E-state index contributed by atoms with van der Waals surface area (Å²) < 4.78 is 10.6. The number of hydrogen-bond donors (Lipinski definition) is 2. The van der Waals surface area contributed by atoms with Crippen molar-refractivity contribution in [3.05, 3.63) is 59.7 Å². The van der Waals surface area contributed by atoms with Gasteiger partial charge in [-0.15, -0.1) is 0 Å². The number of carbonyl (C=O) groups excluding carboxylic acids is 2. The normalized spacial score (nSPS) is 17.8. The largest absolute Gasteiger partial charge is 0.497 e. The molecule has 2 aromatic carbocycles. The van der Waals surface area contributed by atoms with E-state index in [1.54, 1.807) is 43.4 Å². The van der Waals surface area contributed by atoms with E-state index in [0.717, 1.165) is 25.3 Å². The van der Waals surface area contributed by atoms with Crippen LogP contribution >= 0.6 is 0 Å². The van der Waals surface area contributed by atoms with Gasteiger partial charge in [-0.25, -0.2) is 0 Å². The first-order valence-corrected chi connectivity index (χ1v) is 12.7. The minimum Gasteiger partial charge on any atom is -0.497 e. The van der Waals surface area contributed by atoms with E-state index in [4.69, 9.17) is 15.2 Å². The molecular formula is C28H40N4O4. The quantitative estimate of drug-likeness (QED) is 0.497. The van der Waals surface area contributed by atoms with Crippen molar-refractivity contribution in [2.24, 2.45) is 11.7 Å². The SMILES string of the molecule is COc1ccc(CN(CC(C)C)C2CCN(C(=O)c3cccc(OC)c3)[C@@H](C(=O)NCCN)C2)cc1. The molecule has 1 unspecified atom stereocenters. The second kappa shape index (κ2) is 13.3. The first-order valence-electron chi connectivity index (χ1n) is 12.7. The Morgan fingerprint density at radius 1 is 1.11 bits per heavy atom. The molecule has 0 spiro atoms. The lowest BCUT2D eigenvalue weighted by Gasteiger charge is -2.43. The third-order valence-electron chi connectivity index (χ3n) is 6.56. The van der Waals surface area contributed by atoms with Crippen LogP contribution in [0.15, 0.2) is 48.5 Å². The van der Waals surface area contributed by atoms with Crippen LogP contribution in [-0.4, -0.2) is 74.1 Å². The van der Waals surface area contributed by atoms with Crippen molar-refractivity contribution in [3.63, 3.8) is 0 Å². The molecule has 1 aliphatic heterocycles. The molecule has 196 valence electrons.